The first-order valence-electron chi connectivity index (χ1n) is 9.32. The van der Waals surface area contributed by atoms with Crippen LogP contribution in [0.1, 0.15) is 30.9 Å². The Morgan fingerprint density at radius 2 is 2.08 bits per heavy atom. The summed E-state index contributed by atoms with van der Waals surface area (Å²) in [7, 11) is 7.65. The quantitative estimate of drug-likeness (QED) is 0.855. The van der Waals surface area contributed by atoms with Crippen LogP contribution in [0.25, 0.3) is 0 Å². The van der Waals surface area contributed by atoms with Crippen molar-refractivity contribution in [3.8, 4) is 0 Å². The number of amides is 3. The van der Waals surface area contributed by atoms with Gasteiger partial charge in [0.25, 0.3) is 0 Å². The van der Waals surface area contributed by atoms with Crippen LogP contribution in [0.5, 0.6) is 0 Å². The molecule has 0 saturated carbocycles. The third-order valence-corrected chi connectivity index (χ3v) is 5.65. The molecule has 0 radical (unpaired) electrons. The summed E-state index contributed by atoms with van der Waals surface area (Å²) < 4.78 is 1.83. The van der Waals surface area contributed by atoms with Crippen LogP contribution in [0, 0.1) is 5.92 Å². The van der Waals surface area contributed by atoms with Crippen molar-refractivity contribution in [1.29, 1.82) is 0 Å². The molecular formula is C18H30N6O2. The Morgan fingerprint density at radius 3 is 2.69 bits per heavy atom. The maximum Gasteiger partial charge on any atom is 0.317 e. The number of likely N-dealkylation sites (tertiary alicyclic amines) is 2. The summed E-state index contributed by atoms with van der Waals surface area (Å²) in [6.07, 6.45) is 6.87. The Bertz CT molecular complexity index is 660. The van der Waals surface area contributed by atoms with Gasteiger partial charge >= 0.3 is 6.03 Å². The summed E-state index contributed by atoms with van der Waals surface area (Å²) >= 11 is 0. The van der Waals surface area contributed by atoms with Gasteiger partial charge in [-0.05, 0) is 38.8 Å². The highest BCUT2D eigenvalue weighted by atomic mass is 16.2. The van der Waals surface area contributed by atoms with Crippen LogP contribution in [-0.2, 0) is 11.8 Å². The van der Waals surface area contributed by atoms with E-state index >= 15 is 0 Å². The molecule has 2 aliphatic heterocycles. The monoisotopic (exact) mass is 362 g/mol. The van der Waals surface area contributed by atoms with Gasteiger partial charge in [0.05, 0.1) is 6.20 Å². The average Bonchev–Trinajstić information content (AvgIpc) is 3.15. The van der Waals surface area contributed by atoms with Gasteiger partial charge in [0.2, 0.25) is 5.91 Å². The molecular weight excluding hydrogens is 332 g/mol. The first-order valence-corrected chi connectivity index (χ1v) is 9.32. The van der Waals surface area contributed by atoms with Gasteiger partial charge in [0, 0.05) is 52.0 Å². The van der Waals surface area contributed by atoms with Gasteiger partial charge < -0.3 is 15.1 Å². The van der Waals surface area contributed by atoms with Crippen LogP contribution in [0.4, 0.5) is 4.79 Å². The molecule has 0 aromatic carbocycles. The van der Waals surface area contributed by atoms with E-state index in [4.69, 9.17) is 0 Å². The number of rotatable bonds is 4. The van der Waals surface area contributed by atoms with Gasteiger partial charge in [-0.1, -0.05) is 0 Å². The molecule has 2 aliphatic rings. The molecule has 0 aliphatic carbocycles. The van der Waals surface area contributed by atoms with Gasteiger partial charge in [0.15, 0.2) is 0 Å². The van der Waals surface area contributed by atoms with E-state index in [9.17, 15) is 9.59 Å². The van der Waals surface area contributed by atoms with Crippen LogP contribution in [-0.4, -0.2) is 83.2 Å². The lowest BCUT2D eigenvalue weighted by atomic mass is 9.86. The first kappa shape index (κ1) is 18.7. The number of hydrogen-bond donors (Lipinski definition) is 1. The second-order valence-corrected chi connectivity index (χ2v) is 7.71. The normalized spacial score (nSPS) is 27.0. The minimum atomic E-state index is -0.391. The molecule has 1 aromatic heterocycles. The van der Waals surface area contributed by atoms with Crippen LogP contribution >= 0.6 is 0 Å². The van der Waals surface area contributed by atoms with Crippen LogP contribution in [0.3, 0.4) is 0 Å². The van der Waals surface area contributed by atoms with E-state index < -0.39 is 6.04 Å². The Hall–Kier alpha value is -2.09. The van der Waals surface area contributed by atoms with Crippen LogP contribution < -0.4 is 5.32 Å². The Balaban J connectivity index is 1.63. The Labute approximate surface area is 155 Å². The van der Waals surface area contributed by atoms with Gasteiger partial charge in [-0.3, -0.25) is 14.4 Å². The maximum atomic E-state index is 12.6. The highest BCUT2D eigenvalue weighted by Crippen LogP contribution is 2.35. The molecule has 3 atom stereocenters. The van der Waals surface area contributed by atoms with E-state index in [-0.39, 0.29) is 18.0 Å². The molecule has 2 fully saturated rings. The van der Waals surface area contributed by atoms with Crippen LogP contribution in [0.2, 0.25) is 0 Å². The lowest BCUT2D eigenvalue weighted by Crippen LogP contribution is -2.49. The van der Waals surface area contributed by atoms with Gasteiger partial charge in [-0.2, -0.15) is 5.10 Å². The van der Waals surface area contributed by atoms with Crippen molar-refractivity contribution in [2.45, 2.75) is 31.3 Å². The van der Waals surface area contributed by atoms with E-state index in [1.807, 2.05) is 25.0 Å². The van der Waals surface area contributed by atoms with Gasteiger partial charge in [-0.15, -0.1) is 0 Å². The summed E-state index contributed by atoms with van der Waals surface area (Å²) in [6.45, 7) is 2.41. The zero-order valence-electron chi connectivity index (χ0n) is 16.2. The molecule has 0 unspecified atom stereocenters. The fourth-order valence-electron chi connectivity index (χ4n) is 4.22. The second kappa shape index (κ2) is 7.65. The van der Waals surface area contributed by atoms with E-state index in [1.165, 1.54) is 5.56 Å². The van der Waals surface area contributed by atoms with E-state index in [0.717, 1.165) is 19.4 Å². The lowest BCUT2D eigenvalue weighted by Gasteiger charge is -2.40. The number of aryl methyl sites for hydroxylation is 1. The van der Waals surface area contributed by atoms with Crippen molar-refractivity contribution in [3.63, 3.8) is 0 Å². The number of nitrogens with one attached hydrogen (secondary N) is 1. The Morgan fingerprint density at radius 1 is 1.31 bits per heavy atom. The molecule has 1 aromatic rings. The van der Waals surface area contributed by atoms with Gasteiger partial charge in [0.1, 0.15) is 6.04 Å². The topological polar surface area (TPSA) is 73.7 Å². The molecule has 8 nitrogen and oxygen atoms in total. The predicted octanol–water partition coefficient (Wildman–Crippen LogP) is 0.675. The SMILES string of the molecule is CN(C[C@@H]1CCCN(C)[C@H]1c1cnn(C)c1)C(=O)N[C@H]1CCN(C)C1=O. The number of aromatic nitrogens is 2. The molecule has 0 spiro atoms. The number of carbonyl (C=O) groups excluding carboxylic acids is 2. The molecule has 8 heteroatoms. The zero-order chi connectivity index (χ0) is 18.8. The molecule has 144 valence electrons. The second-order valence-electron chi connectivity index (χ2n) is 7.71. The molecule has 3 heterocycles. The van der Waals surface area contributed by atoms with E-state index in [1.54, 1.807) is 16.8 Å². The largest absolute Gasteiger partial charge is 0.344 e. The van der Waals surface area contributed by atoms with Crippen molar-refractivity contribution < 1.29 is 9.59 Å². The minimum Gasteiger partial charge on any atom is -0.344 e. The predicted molar refractivity (Wildman–Crippen MR) is 98.5 cm³/mol. The van der Waals surface area contributed by atoms with E-state index in [0.29, 0.717) is 25.4 Å². The van der Waals surface area contributed by atoms with E-state index in [2.05, 4.69) is 28.6 Å². The summed E-state index contributed by atoms with van der Waals surface area (Å²) in [5, 5.41) is 7.20. The highest BCUT2D eigenvalue weighted by Gasteiger charge is 2.34. The van der Waals surface area contributed by atoms with Crippen molar-refractivity contribution in [2.24, 2.45) is 13.0 Å². The third-order valence-electron chi connectivity index (χ3n) is 5.65. The molecule has 0 bridgehead atoms. The smallest absolute Gasteiger partial charge is 0.317 e. The standard InChI is InChI=1S/C18H30N6O2/c1-21-8-5-6-13(16(21)14-10-19-24(4)12-14)11-23(3)18(26)20-15-7-9-22(2)17(15)25/h10,12-13,15-16H,5-9,11H2,1-4H3,(H,20,26)/t13-,15-,16+/m0/s1. The number of nitrogens with zero attached hydrogens (tertiary/aromatic N) is 5. The molecule has 26 heavy (non-hydrogen) atoms. The molecule has 1 N–H and O–H groups in total. The number of urea groups is 1. The fraction of sp³-hybridized carbons (Fsp3) is 0.722. The number of likely N-dealkylation sites (N-methyl/N-ethyl adjacent to an activating group) is 1. The Kier molecular flexibility index (Phi) is 5.50. The average molecular weight is 362 g/mol. The fourth-order valence-corrected chi connectivity index (χ4v) is 4.22. The van der Waals surface area contributed by atoms with Gasteiger partial charge in [-0.25, -0.2) is 4.79 Å². The van der Waals surface area contributed by atoms with Crippen molar-refractivity contribution in [3.05, 3.63) is 18.0 Å². The summed E-state index contributed by atoms with van der Waals surface area (Å²) in [5.41, 5.74) is 1.20. The lowest BCUT2D eigenvalue weighted by molar-refractivity contribution is -0.128. The van der Waals surface area contributed by atoms with Crippen molar-refractivity contribution in [2.75, 3.05) is 40.8 Å². The number of piperidine rings is 1. The maximum absolute atomic E-state index is 12.6. The molecule has 3 rings (SSSR count). The molecule has 3 amide bonds. The zero-order valence-corrected chi connectivity index (χ0v) is 16.2. The summed E-state index contributed by atoms with van der Waals surface area (Å²) in [6, 6.07) is -0.304. The number of carbonyl (C=O) groups is 2. The third kappa shape index (κ3) is 3.85. The summed E-state index contributed by atoms with van der Waals surface area (Å²) in [4.78, 5) is 30.3. The minimum absolute atomic E-state index is 0.00242. The van der Waals surface area contributed by atoms with Crippen LogP contribution in [0.15, 0.2) is 12.4 Å². The van der Waals surface area contributed by atoms with Crippen molar-refractivity contribution >= 4 is 11.9 Å². The highest BCUT2D eigenvalue weighted by molar-refractivity contribution is 5.88. The van der Waals surface area contributed by atoms with Crippen molar-refractivity contribution in [1.82, 2.24) is 29.8 Å². The molecule has 2 saturated heterocycles. The summed E-state index contributed by atoms with van der Waals surface area (Å²) in [5.74, 6) is 0.341. The number of hydrogen-bond acceptors (Lipinski definition) is 4. The first-order chi connectivity index (χ1) is 12.4.